The molecule has 9 heteroatoms. The molecular formula is C43H58N4O5. The molecule has 2 heterocycles. The summed E-state index contributed by atoms with van der Waals surface area (Å²) in [6, 6.07) is 24.6. The molecule has 3 aromatic rings. The van der Waals surface area contributed by atoms with Crippen molar-refractivity contribution in [2.24, 2.45) is 11.8 Å². The Hall–Kier alpha value is -3.76. The first-order chi connectivity index (χ1) is 25.0. The Morgan fingerprint density at radius 1 is 0.846 bits per heavy atom. The minimum Gasteiger partial charge on any atom is -0.392 e. The molecule has 52 heavy (non-hydrogen) atoms. The van der Waals surface area contributed by atoms with Gasteiger partial charge in [-0.3, -0.25) is 9.69 Å². The van der Waals surface area contributed by atoms with Gasteiger partial charge in [-0.15, -0.1) is 0 Å². The second-order valence-corrected chi connectivity index (χ2v) is 16.0. The summed E-state index contributed by atoms with van der Waals surface area (Å²) >= 11 is 0. The third-order valence-corrected chi connectivity index (χ3v) is 11.1. The zero-order valence-corrected chi connectivity index (χ0v) is 31.6. The third-order valence-electron chi connectivity index (χ3n) is 11.1. The molecule has 0 radical (unpaired) electrons. The second kappa shape index (κ2) is 16.9. The Morgan fingerprint density at radius 2 is 1.58 bits per heavy atom. The average molecular weight is 711 g/mol. The van der Waals surface area contributed by atoms with Crippen LogP contribution in [0.4, 0.5) is 4.79 Å². The first kappa shape index (κ1) is 38.0. The van der Waals surface area contributed by atoms with E-state index in [1.165, 1.54) is 19.3 Å². The summed E-state index contributed by atoms with van der Waals surface area (Å²) in [6.45, 7) is 11.9. The largest absolute Gasteiger partial charge is 0.392 e. The molecule has 0 unspecified atom stereocenters. The minimum absolute atomic E-state index is 0.00872. The van der Waals surface area contributed by atoms with Crippen LogP contribution in [0.3, 0.4) is 0 Å². The first-order valence-electron chi connectivity index (χ1n) is 19.3. The SMILES string of the molecule is CCNC(=O)NCc1cccc(-c2ccc([C@@H]3O[C@H](CN4[C@@H](C(=O)NC(C)(C)C)CC[C@H]5CCCC[C@H]54)[C@H](C)[C@H](c4ccc(CO)cc4)O3)cc2)c1. The van der Waals surface area contributed by atoms with E-state index in [1.807, 2.05) is 31.2 Å². The van der Waals surface area contributed by atoms with E-state index in [0.717, 1.165) is 52.6 Å². The number of likely N-dealkylation sites (tertiary alicyclic amines) is 1. The van der Waals surface area contributed by atoms with Crippen molar-refractivity contribution in [1.82, 2.24) is 20.9 Å². The molecule has 4 N–H and O–H groups in total. The number of benzene rings is 3. The summed E-state index contributed by atoms with van der Waals surface area (Å²) < 4.78 is 13.8. The van der Waals surface area contributed by atoms with Crippen molar-refractivity contribution in [2.75, 3.05) is 13.1 Å². The molecule has 3 aliphatic rings. The van der Waals surface area contributed by atoms with Crippen LogP contribution in [0.15, 0.2) is 72.8 Å². The van der Waals surface area contributed by atoms with Gasteiger partial charge in [-0.05, 0) is 93.2 Å². The number of nitrogens with zero attached hydrogens (tertiary/aromatic N) is 1. The van der Waals surface area contributed by atoms with Gasteiger partial charge in [0.25, 0.3) is 0 Å². The summed E-state index contributed by atoms with van der Waals surface area (Å²) in [5.41, 5.74) is 5.68. The maximum Gasteiger partial charge on any atom is 0.315 e. The van der Waals surface area contributed by atoms with Gasteiger partial charge in [0.15, 0.2) is 6.29 Å². The summed E-state index contributed by atoms with van der Waals surface area (Å²) in [7, 11) is 0. The Morgan fingerprint density at radius 3 is 2.29 bits per heavy atom. The highest BCUT2D eigenvalue weighted by atomic mass is 16.7. The van der Waals surface area contributed by atoms with Crippen molar-refractivity contribution in [3.8, 4) is 11.1 Å². The fourth-order valence-electron chi connectivity index (χ4n) is 8.36. The van der Waals surface area contributed by atoms with Crippen molar-refractivity contribution in [2.45, 2.75) is 122 Å². The number of amides is 3. The Kier molecular flexibility index (Phi) is 12.4. The van der Waals surface area contributed by atoms with Gasteiger partial charge in [-0.1, -0.05) is 86.5 Å². The van der Waals surface area contributed by atoms with Crippen LogP contribution in [-0.2, 0) is 27.4 Å². The molecule has 280 valence electrons. The number of nitrogens with one attached hydrogen (secondary N) is 3. The van der Waals surface area contributed by atoms with Crippen LogP contribution in [0.2, 0.25) is 0 Å². The van der Waals surface area contributed by atoms with Gasteiger partial charge in [-0.2, -0.15) is 0 Å². The summed E-state index contributed by atoms with van der Waals surface area (Å²) in [5.74, 6) is 0.737. The van der Waals surface area contributed by atoms with Gasteiger partial charge < -0.3 is 30.5 Å². The number of aliphatic hydroxyl groups excluding tert-OH is 1. The van der Waals surface area contributed by atoms with Crippen LogP contribution >= 0.6 is 0 Å². The van der Waals surface area contributed by atoms with Crippen LogP contribution in [0.5, 0.6) is 0 Å². The summed E-state index contributed by atoms with van der Waals surface area (Å²) in [6.07, 6.45) is 5.73. The van der Waals surface area contributed by atoms with Crippen molar-refractivity contribution >= 4 is 11.9 Å². The molecule has 1 saturated carbocycles. The topological polar surface area (TPSA) is 112 Å². The molecule has 3 fully saturated rings. The number of carbonyl (C=O) groups is 2. The number of urea groups is 1. The van der Waals surface area contributed by atoms with Crippen LogP contribution < -0.4 is 16.0 Å². The maximum absolute atomic E-state index is 13.9. The summed E-state index contributed by atoms with van der Waals surface area (Å²) in [4.78, 5) is 28.3. The molecule has 2 saturated heterocycles. The van der Waals surface area contributed by atoms with Gasteiger partial charge in [0.2, 0.25) is 5.91 Å². The standard InChI is InChI=1S/C43H58N4O5/c1-6-44-42(50)45-25-30-10-9-12-35(24-30)31-18-20-34(21-19-31)41-51-38(28(2)39(52-41)33-16-14-29(27-48)15-17-33)26-47-36-13-8-7-11-32(36)22-23-37(47)40(49)46-43(3,4)5/h9-10,12,14-21,24,28,32,36-39,41,48H,6-8,11,13,22-23,25-27H2,1-5H3,(H,46,49)(H2,44,45,50)/t28-,32+,36+,37+,38+,39+,41+/m0/s1. The van der Waals surface area contributed by atoms with Gasteiger partial charge in [0.05, 0.1) is 24.9 Å². The lowest BCUT2D eigenvalue weighted by atomic mass is 9.75. The van der Waals surface area contributed by atoms with Crippen molar-refractivity contribution in [3.05, 3.63) is 95.1 Å². The highest BCUT2D eigenvalue weighted by Crippen LogP contribution is 2.44. The lowest BCUT2D eigenvalue weighted by Gasteiger charge is -2.51. The number of hydrogen-bond donors (Lipinski definition) is 4. The van der Waals surface area contributed by atoms with E-state index in [1.54, 1.807) is 0 Å². The van der Waals surface area contributed by atoms with E-state index in [2.05, 4.69) is 97.1 Å². The monoisotopic (exact) mass is 710 g/mol. The van der Waals surface area contributed by atoms with Gasteiger partial charge in [-0.25, -0.2) is 4.79 Å². The number of fused-ring (bicyclic) bond motifs is 1. The van der Waals surface area contributed by atoms with Crippen LogP contribution in [0.1, 0.15) is 108 Å². The number of piperidine rings is 1. The normalized spacial score (nSPS) is 26.6. The van der Waals surface area contributed by atoms with Gasteiger partial charge >= 0.3 is 6.03 Å². The molecule has 2 aliphatic heterocycles. The van der Waals surface area contributed by atoms with Gasteiger partial charge in [0, 0.05) is 42.7 Å². The molecule has 1 aliphatic carbocycles. The number of rotatable bonds is 10. The zero-order chi connectivity index (χ0) is 36.8. The molecule has 3 aromatic carbocycles. The molecule has 0 aromatic heterocycles. The van der Waals surface area contributed by atoms with E-state index >= 15 is 0 Å². The van der Waals surface area contributed by atoms with Crippen molar-refractivity contribution in [3.63, 3.8) is 0 Å². The highest BCUT2D eigenvalue weighted by molar-refractivity contribution is 5.82. The van der Waals surface area contributed by atoms with E-state index in [4.69, 9.17) is 9.47 Å². The number of aliphatic hydroxyl groups is 1. The van der Waals surface area contributed by atoms with Crippen LogP contribution in [-0.4, -0.2) is 58.8 Å². The number of carbonyl (C=O) groups excluding carboxylic acids is 2. The Bertz CT molecular complexity index is 1640. The molecule has 0 spiro atoms. The molecule has 6 rings (SSSR count). The molecule has 7 atom stereocenters. The molecule has 0 bridgehead atoms. The smallest absolute Gasteiger partial charge is 0.315 e. The van der Waals surface area contributed by atoms with Crippen LogP contribution in [0.25, 0.3) is 11.1 Å². The minimum atomic E-state index is -0.598. The average Bonchev–Trinajstić information content (AvgIpc) is 3.14. The number of ether oxygens (including phenoxy) is 2. The maximum atomic E-state index is 13.9. The Balaban J connectivity index is 1.26. The predicted molar refractivity (Wildman–Crippen MR) is 204 cm³/mol. The lowest BCUT2D eigenvalue weighted by Crippen LogP contribution is -2.61. The van der Waals surface area contributed by atoms with E-state index in [9.17, 15) is 14.7 Å². The number of hydrogen-bond acceptors (Lipinski definition) is 6. The Labute approximate surface area is 309 Å². The molecule has 3 amide bonds. The fraction of sp³-hybridized carbons (Fsp3) is 0.535. The fourth-order valence-corrected chi connectivity index (χ4v) is 8.36. The van der Waals surface area contributed by atoms with E-state index in [-0.39, 0.29) is 48.3 Å². The van der Waals surface area contributed by atoms with Crippen LogP contribution in [0, 0.1) is 11.8 Å². The molecule has 9 nitrogen and oxygen atoms in total. The van der Waals surface area contributed by atoms with Gasteiger partial charge in [0.1, 0.15) is 0 Å². The summed E-state index contributed by atoms with van der Waals surface area (Å²) in [5, 5.41) is 18.7. The predicted octanol–water partition coefficient (Wildman–Crippen LogP) is 7.39. The molecular weight excluding hydrogens is 652 g/mol. The second-order valence-electron chi connectivity index (χ2n) is 16.0. The quantitative estimate of drug-likeness (QED) is 0.175. The first-order valence-corrected chi connectivity index (χ1v) is 19.3. The highest BCUT2D eigenvalue weighted by Gasteiger charge is 2.46. The van der Waals surface area contributed by atoms with E-state index in [0.29, 0.717) is 31.6 Å². The zero-order valence-electron chi connectivity index (χ0n) is 31.6. The van der Waals surface area contributed by atoms with E-state index < -0.39 is 6.29 Å². The lowest BCUT2D eigenvalue weighted by molar-refractivity contribution is -0.278. The van der Waals surface area contributed by atoms with Crippen molar-refractivity contribution < 1.29 is 24.2 Å². The third kappa shape index (κ3) is 9.23. The van der Waals surface area contributed by atoms with Crippen molar-refractivity contribution in [1.29, 1.82) is 0 Å².